The van der Waals surface area contributed by atoms with Gasteiger partial charge in [-0.15, -0.1) is 0 Å². The maximum absolute atomic E-state index is 13.2. The zero-order valence-corrected chi connectivity index (χ0v) is 13.7. The second kappa shape index (κ2) is 6.55. The number of carbonyl (C=O) groups is 1. The molecular formula is C17H11Cl2FN2O2. The fraction of sp³-hybridized carbons (Fsp3) is 0. The first-order valence-corrected chi connectivity index (χ1v) is 7.61. The molecule has 3 aromatic rings. The number of nitrogens with two attached hydrogens (primary N) is 1. The van der Waals surface area contributed by atoms with Crippen molar-refractivity contribution >= 4 is 40.5 Å². The van der Waals surface area contributed by atoms with Crippen molar-refractivity contribution in [2.24, 2.45) is 0 Å². The Morgan fingerprint density at radius 3 is 2.54 bits per heavy atom. The fourth-order valence-electron chi connectivity index (χ4n) is 2.08. The SMILES string of the molecule is Nc1cc(NC(=O)c2ccc(-c3ccc(F)c(Cl)c3)o2)ccc1Cl. The van der Waals surface area contributed by atoms with Crippen molar-refractivity contribution in [1.29, 1.82) is 0 Å². The van der Waals surface area contributed by atoms with Crippen molar-refractivity contribution in [3.63, 3.8) is 0 Å². The van der Waals surface area contributed by atoms with Crippen molar-refractivity contribution < 1.29 is 13.6 Å². The predicted octanol–water partition coefficient (Wildman–Crippen LogP) is 5.23. The van der Waals surface area contributed by atoms with Gasteiger partial charge in [-0.25, -0.2) is 4.39 Å². The van der Waals surface area contributed by atoms with Crippen LogP contribution in [0.4, 0.5) is 15.8 Å². The molecule has 7 heteroatoms. The summed E-state index contributed by atoms with van der Waals surface area (Å²) in [6.07, 6.45) is 0. The molecule has 0 aliphatic carbocycles. The summed E-state index contributed by atoms with van der Waals surface area (Å²) in [5.41, 5.74) is 7.11. The zero-order valence-electron chi connectivity index (χ0n) is 12.1. The van der Waals surface area contributed by atoms with Gasteiger partial charge in [0.05, 0.1) is 15.7 Å². The number of nitrogen functional groups attached to an aromatic ring is 1. The number of furan rings is 1. The van der Waals surface area contributed by atoms with Crippen LogP contribution >= 0.6 is 23.2 Å². The van der Waals surface area contributed by atoms with E-state index in [9.17, 15) is 9.18 Å². The van der Waals surface area contributed by atoms with Crippen molar-refractivity contribution in [2.75, 3.05) is 11.1 Å². The Bertz CT molecular complexity index is 925. The topological polar surface area (TPSA) is 68.3 Å². The Morgan fingerprint density at radius 1 is 1.04 bits per heavy atom. The van der Waals surface area contributed by atoms with Gasteiger partial charge in [-0.05, 0) is 48.5 Å². The maximum atomic E-state index is 13.2. The number of rotatable bonds is 3. The average Bonchev–Trinajstić information content (AvgIpc) is 3.04. The van der Waals surface area contributed by atoms with Crippen LogP contribution in [0.25, 0.3) is 11.3 Å². The van der Waals surface area contributed by atoms with Crippen LogP contribution in [0, 0.1) is 5.82 Å². The van der Waals surface area contributed by atoms with Crippen molar-refractivity contribution in [3.05, 3.63) is 70.2 Å². The van der Waals surface area contributed by atoms with E-state index in [0.717, 1.165) is 0 Å². The summed E-state index contributed by atoms with van der Waals surface area (Å²) in [7, 11) is 0. The third kappa shape index (κ3) is 3.37. The van der Waals surface area contributed by atoms with Crippen LogP contribution in [-0.4, -0.2) is 5.91 Å². The molecule has 0 aliphatic heterocycles. The largest absolute Gasteiger partial charge is 0.451 e. The summed E-state index contributed by atoms with van der Waals surface area (Å²) in [5.74, 6) is -0.474. The van der Waals surface area contributed by atoms with Gasteiger partial charge >= 0.3 is 0 Å². The molecule has 0 fully saturated rings. The Kier molecular flexibility index (Phi) is 4.46. The quantitative estimate of drug-likeness (QED) is 0.625. The van der Waals surface area contributed by atoms with E-state index in [1.54, 1.807) is 24.3 Å². The monoisotopic (exact) mass is 364 g/mol. The number of carbonyl (C=O) groups excluding carboxylic acids is 1. The van der Waals surface area contributed by atoms with Gasteiger partial charge < -0.3 is 15.5 Å². The molecule has 1 heterocycles. The Morgan fingerprint density at radius 2 is 1.83 bits per heavy atom. The highest BCUT2D eigenvalue weighted by Crippen LogP contribution is 2.27. The molecule has 0 spiro atoms. The van der Waals surface area contributed by atoms with Crippen LogP contribution < -0.4 is 11.1 Å². The van der Waals surface area contributed by atoms with E-state index in [1.165, 1.54) is 24.3 Å². The first-order valence-electron chi connectivity index (χ1n) is 6.85. The lowest BCUT2D eigenvalue weighted by Crippen LogP contribution is -2.11. The third-order valence-corrected chi connectivity index (χ3v) is 3.92. The van der Waals surface area contributed by atoms with Crippen molar-refractivity contribution in [1.82, 2.24) is 0 Å². The molecule has 0 aliphatic rings. The van der Waals surface area contributed by atoms with E-state index >= 15 is 0 Å². The van der Waals surface area contributed by atoms with E-state index in [2.05, 4.69) is 5.32 Å². The van der Waals surface area contributed by atoms with Crippen LogP contribution in [0.2, 0.25) is 10.0 Å². The summed E-state index contributed by atoms with van der Waals surface area (Å²) in [4.78, 5) is 12.2. The molecule has 3 rings (SSSR count). The lowest BCUT2D eigenvalue weighted by molar-refractivity contribution is 0.0997. The van der Waals surface area contributed by atoms with Crippen LogP contribution in [0.1, 0.15) is 10.6 Å². The third-order valence-electron chi connectivity index (χ3n) is 3.29. The van der Waals surface area contributed by atoms with Crippen molar-refractivity contribution in [3.8, 4) is 11.3 Å². The highest BCUT2D eigenvalue weighted by Gasteiger charge is 2.14. The van der Waals surface area contributed by atoms with E-state index in [0.29, 0.717) is 27.7 Å². The Balaban J connectivity index is 1.80. The fourth-order valence-corrected chi connectivity index (χ4v) is 2.38. The lowest BCUT2D eigenvalue weighted by atomic mass is 10.2. The first-order chi connectivity index (χ1) is 11.4. The number of amides is 1. The molecule has 0 saturated carbocycles. The van der Waals surface area contributed by atoms with E-state index < -0.39 is 11.7 Å². The van der Waals surface area contributed by atoms with Gasteiger partial charge in [-0.2, -0.15) is 0 Å². The molecule has 0 unspecified atom stereocenters. The second-order valence-electron chi connectivity index (χ2n) is 4.98. The normalized spacial score (nSPS) is 10.6. The summed E-state index contributed by atoms with van der Waals surface area (Å²) in [6.45, 7) is 0. The highest BCUT2D eigenvalue weighted by atomic mass is 35.5. The van der Waals surface area contributed by atoms with Crippen LogP contribution in [0.3, 0.4) is 0 Å². The second-order valence-corrected chi connectivity index (χ2v) is 5.80. The van der Waals surface area contributed by atoms with Gasteiger partial charge in [0.15, 0.2) is 5.76 Å². The molecule has 0 radical (unpaired) electrons. The molecule has 122 valence electrons. The van der Waals surface area contributed by atoms with Crippen molar-refractivity contribution in [2.45, 2.75) is 0 Å². The number of anilines is 2. The van der Waals surface area contributed by atoms with Crippen LogP contribution in [0.5, 0.6) is 0 Å². The predicted molar refractivity (Wildman–Crippen MR) is 92.9 cm³/mol. The molecule has 4 nitrogen and oxygen atoms in total. The summed E-state index contributed by atoms with van der Waals surface area (Å²) in [5, 5.41) is 3.04. The van der Waals surface area contributed by atoms with Gasteiger partial charge in [0, 0.05) is 11.3 Å². The minimum Gasteiger partial charge on any atom is -0.451 e. The highest BCUT2D eigenvalue weighted by molar-refractivity contribution is 6.33. The standard InChI is InChI=1S/C17H11Cl2FN2O2/c18-11-3-2-10(8-14(11)21)22-17(23)16-6-5-15(24-16)9-1-4-13(20)12(19)7-9/h1-8H,21H2,(H,22,23). The number of benzene rings is 2. The van der Waals surface area contributed by atoms with Crippen LogP contribution in [-0.2, 0) is 0 Å². The molecular weight excluding hydrogens is 354 g/mol. The number of nitrogens with one attached hydrogen (secondary N) is 1. The van der Waals surface area contributed by atoms with Gasteiger partial charge in [-0.3, -0.25) is 4.79 Å². The van der Waals surface area contributed by atoms with Gasteiger partial charge in [0.1, 0.15) is 11.6 Å². The van der Waals surface area contributed by atoms with Crippen LogP contribution in [0.15, 0.2) is 52.9 Å². The summed E-state index contributed by atoms with van der Waals surface area (Å²) in [6, 6.07) is 12.1. The van der Waals surface area contributed by atoms with Gasteiger partial charge in [0.2, 0.25) is 0 Å². The Labute approximate surface area is 147 Å². The van der Waals surface area contributed by atoms with E-state index in [-0.39, 0.29) is 10.8 Å². The van der Waals surface area contributed by atoms with Gasteiger partial charge in [-0.1, -0.05) is 23.2 Å². The molecule has 0 atom stereocenters. The summed E-state index contributed by atoms with van der Waals surface area (Å²) >= 11 is 11.6. The average molecular weight is 365 g/mol. The van der Waals surface area contributed by atoms with Gasteiger partial charge in [0.25, 0.3) is 5.91 Å². The lowest BCUT2D eigenvalue weighted by Gasteiger charge is -2.05. The number of hydrogen-bond acceptors (Lipinski definition) is 3. The zero-order chi connectivity index (χ0) is 17.3. The molecule has 2 aromatic carbocycles. The smallest absolute Gasteiger partial charge is 0.291 e. The molecule has 3 N–H and O–H groups in total. The summed E-state index contributed by atoms with van der Waals surface area (Å²) < 4.78 is 18.7. The Hall–Kier alpha value is -2.50. The minimum atomic E-state index is -0.523. The van der Waals surface area contributed by atoms with E-state index in [4.69, 9.17) is 33.4 Å². The molecule has 0 saturated heterocycles. The number of halogens is 3. The van der Waals surface area contributed by atoms with E-state index in [1.807, 2.05) is 0 Å². The first kappa shape index (κ1) is 16.4. The minimum absolute atomic E-state index is 0.0217. The number of hydrogen-bond donors (Lipinski definition) is 2. The molecule has 0 bridgehead atoms. The molecule has 1 aromatic heterocycles. The maximum Gasteiger partial charge on any atom is 0.291 e. The molecule has 1 amide bonds. The molecule has 24 heavy (non-hydrogen) atoms.